The average Bonchev–Trinajstić information content (AvgIpc) is 1.54. The van der Waals surface area contributed by atoms with Gasteiger partial charge in [0.25, 0.3) is 0 Å². The van der Waals surface area contributed by atoms with Gasteiger partial charge in [-0.15, -0.1) is 22.7 Å². The second-order valence-corrected chi connectivity index (χ2v) is 38.2. The Balaban J connectivity index is 0.000000104. The summed E-state index contributed by atoms with van der Waals surface area (Å²) in [4.78, 5) is 0. The third-order valence-electron chi connectivity index (χ3n) is 26.4. The van der Waals surface area contributed by atoms with Crippen LogP contribution in [0.15, 0.2) is 385 Å². The fourth-order valence-electron chi connectivity index (χ4n) is 19.9. The van der Waals surface area contributed by atoms with Crippen LogP contribution >= 0.6 is 22.7 Å². The van der Waals surface area contributed by atoms with Gasteiger partial charge in [0.1, 0.15) is 22.3 Å². The first-order valence-corrected chi connectivity index (χ1v) is 46.9. The lowest BCUT2D eigenvalue weighted by atomic mass is 9.67. The Bertz CT molecular complexity index is 7660. The minimum absolute atomic E-state index is 0. The van der Waals surface area contributed by atoms with Crippen LogP contribution in [0.1, 0.15) is 131 Å². The largest absolute Gasteiger partial charge is 0.456 e. The Labute approximate surface area is 779 Å². The number of rotatable bonds is 4. The predicted molar refractivity (Wildman–Crippen MR) is 568 cm³/mol. The van der Waals surface area contributed by atoms with Crippen molar-refractivity contribution in [3.63, 3.8) is 0 Å². The van der Waals surface area contributed by atoms with Gasteiger partial charge in [-0.2, -0.15) is 0 Å². The van der Waals surface area contributed by atoms with E-state index in [0.717, 1.165) is 22.3 Å². The molecular weight excluding hydrogens is 1620 g/mol. The van der Waals surface area contributed by atoms with E-state index in [4.69, 9.17) is 8.83 Å². The first-order valence-electron chi connectivity index (χ1n) is 45.3. The summed E-state index contributed by atoms with van der Waals surface area (Å²) in [5.74, 6) is 0. The number of hydrogen-bond donors (Lipinski definition) is 0. The maximum atomic E-state index is 5.86. The molecule has 2 aliphatic rings. The summed E-state index contributed by atoms with van der Waals surface area (Å²) >= 11 is 3.78. The lowest BCUT2D eigenvalue weighted by molar-refractivity contribution is 0.665. The molecule has 0 atom stereocenters. The van der Waals surface area contributed by atoms with E-state index in [1.54, 1.807) is 0 Å². The number of para-hydroxylation sites is 2. The van der Waals surface area contributed by atoms with Gasteiger partial charge in [-0.05, 0) is 284 Å². The molecule has 0 spiro atoms. The monoisotopic (exact) mass is 1730 g/mol. The third-order valence-corrected chi connectivity index (χ3v) is 28.9. The summed E-state index contributed by atoms with van der Waals surface area (Å²) in [6.07, 6.45) is 0. The molecule has 23 aromatic rings. The van der Waals surface area contributed by atoms with Crippen molar-refractivity contribution in [3.8, 4) is 27.9 Å². The van der Waals surface area contributed by atoms with Crippen molar-refractivity contribution in [1.29, 1.82) is 0 Å². The fourth-order valence-corrected chi connectivity index (χ4v) is 22.2. The van der Waals surface area contributed by atoms with E-state index in [-0.39, 0.29) is 18.3 Å². The number of fused-ring (bicyclic) bond motifs is 21. The number of aromatic nitrogens is 1. The maximum Gasteiger partial charge on any atom is 0.138 e. The Morgan fingerprint density at radius 2 is 0.573 bits per heavy atom. The minimum Gasteiger partial charge on any atom is -0.456 e. The molecule has 3 nitrogen and oxygen atoms in total. The molecule has 0 radical (unpaired) electrons. The Kier molecular flexibility index (Phi) is 24.3. The lowest BCUT2D eigenvalue weighted by Gasteiger charge is -2.34. The van der Waals surface area contributed by atoms with Gasteiger partial charge >= 0.3 is 0 Å². The highest BCUT2D eigenvalue weighted by molar-refractivity contribution is 7.26. The minimum atomic E-state index is -0.273. The van der Waals surface area contributed by atoms with Crippen LogP contribution in [0, 0.1) is 96.9 Å². The standard InChI is InChI=1S/C27H22.C22H20.C20H17N.2C14H12O.2C14H12S.CH4/c1-19-13-15-23-24-16-14-20(2)18-26(24)27(25(23)17-19,21-9-5-3-6-10-21)22-11-7-4-8-12-22;1-15-9-11-18-19-12-10-16(2)14-21(19)22(3,20(18)13-15)17-7-5-4-6-8-17;1-14-8-10-19-17(12-14)18-13-15(2)9-11-20(18)21(19)16-6-4-3-5-7-16;1-9-3-5-13-11(7-9)12-8-10(2)4-6-14(12)15-13;1-9-7-8-10(2)14-13(9)11-5-3-4-6-12(11)15-14;1-9-3-5-13-11(7-9)12-8-10(2)4-6-14(12)15-13;1-9-7-8-10(2)14-13(9)11-5-3-4-6-12(11)15-14;/h3-18H,1-2H3;4-14H,1-3H3;3-13H,1-2H3;4*3-8H,1-2H3;1H4. The summed E-state index contributed by atoms with van der Waals surface area (Å²) in [7, 11) is 0. The van der Waals surface area contributed by atoms with Gasteiger partial charge < -0.3 is 13.4 Å². The molecule has 0 fully saturated rings. The highest BCUT2D eigenvalue weighted by Gasteiger charge is 2.46. The summed E-state index contributed by atoms with van der Waals surface area (Å²) in [6.45, 7) is 32.5. The molecule has 5 aromatic heterocycles. The second kappa shape index (κ2) is 36.4. The molecule has 131 heavy (non-hydrogen) atoms. The highest BCUT2D eigenvalue weighted by Crippen LogP contribution is 2.57. The molecule has 0 saturated heterocycles. The molecule has 18 aromatic carbocycles. The summed E-state index contributed by atoms with van der Waals surface area (Å²) in [6, 6.07) is 136. The smallest absolute Gasteiger partial charge is 0.138 e. The van der Waals surface area contributed by atoms with E-state index < -0.39 is 0 Å². The van der Waals surface area contributed by atoms with Gasteiger partial charge in [-0.3, -0.25) is 0 Å². The SMILES string of the molecule is C.Cc1ccc(C)c2c1oc1ccccc12.Cc1ccc(C)c2c1sc1ccccc12.Cc1ccc2c(c1)C(C)(c1ccccc1)c1cc(C)ccc1-2.Cc1ccc2c(c1)C(c1ccccc1)(c1ccccc1)c1cc(C)ccc1-2.Cc1ccc2c(c1)c1cc(C)ccc1n2-c1ccccc1.Cc1ccc2oc3ccc(C)cc3c2c1.Cc1ccc2sc3ccc(C)cc3c2c1. The molecule has 25 rings (SSSR count). The molecule has 0 saturated carbocycles. The van der Waals surface area contributed by atoms with Crippen LogP contribution in [0.3, 0.4) is 0 Å². The number of benzene rings is 18. The predicted octanol–water partition coefficient (Wildman–Crippen LogP) is 36.1. The van der Waals surface area contributed by atoms with Crippen LogP contribution in [-0.4, -0.2) is 4.57 Å². The molecule has 0 unspecified atom stereocenters. The quantitative estimate of drug-likeness (QED) is 0.176. The molecule has 0 N–H and O–H groups in total. The lowest BCUT2D eigenvalue weighted by Crippen LogP contribution is -2.28. The van der Waals surface area contributed by atoms with E-state index in [2.05, 4.69) is 460 Å². The van der Waals surface area contributed by atoms with Gasteiger partial charge in [0.05, 0.1) is 16.4 Å². The molecule has 2 aliphatic carbocycles. The van der Waals surface area contributed by atoms with Crippen molar-refractivity contribution in [3.05, 3.63) is 493 Å². The van der Waals surface area contributed by atoms with E-state index >= 15 is 0 Å². The molecule has 0 amide bonds. The molecule has 644 valence electrons. The van der Waals surface area contributed by atoms with Crippen LogP contribution in [-0.2, 0) is 10.8 Å². The summed E-state index contributed by atoms with van der Waals surface area (Å²) < 4.78 is 19.6. The molecule has 0 aliphatic heterocycles. The Hall–Kier alpha value is -14.2. The topological polar surface area (TPSA) is 31.2 Å². The van der Waals surface area contributed by atoms with Gasteiger partial charge in [0, 0.05) is 83.8 Å². The van der Waals surface area contributed by atoms with Crippen LogP contribution in [0.2, 0.25) is 0 Å². The van der Waals surface area contributed by atoms with Crippen molar-refractivity contribution < 1.29 is 8.83 Å². The maximum absolute atomic E-state index is 5.86. The van der Waals surface area contributed by atoms with Crippen molar-refractivity contribution in [1.82, 2.24) is 4.57 Å². The van der Waals surface area contributed by atoms with Crippen molar-refractivity contribution in [2.24, 2.45) is 0 Å². The summed E-state index contributed by atoms with van der Waals surface area (Å²) in [5, 5.41) is 13.2. The van der Waals surface area contributed by atoms with Gasteiger partial charge in [0.15, 0.2) is 0 Å². The van der Waals surface area contributed by atoms with Crippen LogP contribution in [0.25, 0.3) is 134 Å². The van der Waals surface area contributed by atoms with Crippen molar-refractivity contribution >= 4 is 129 Å². The Morgan fingerprint density at radius 3 is 1.05 bits per heavy atom. The zero-order chi connectivity index (χ0) is 89.8. The van der Waals surface area contributed by atoms with E-state index in [9.17, 15) is 0 Å². The van der Waals surface area contributed by atoms with Crippen LogP contribution in [0.5, 0.6) is 0 Å². The first-order chi connectivity index (χ1) is 63.1. The number of nitrogens with zero attached hydrogens (tertiary/aromatic N) is 1. The fraction of sp³-hybridized carbons (Fsp3) is 0.143. The highest BCUT2D eigenvalue weighted by atomic mass is 32.1. The van der Waals surface area contributed by atoms with Crippen molar-refractivity contribution in [2.45, 2.75) is 122 Å². The van der Waals surface area contributed by atoms with Crippen molar-refractivity contribution in [2.75, 3.05) is 0 Å². The van der Waals surface area contributed by atoms with E-state index in [0.29, 0.717) is 0 Å². The number of thiophene rings is 2. The number of aryl methyl sites for hydroxylation is 14. The van der Waals surface area contributed by atoms with E-state index in [1.165, 1.54) is 228 Å². The van der Waals surface area contributed by atoms with Gasteiger partial charge in [-0.25, -0.2) is 0 Å². The normalized spacial score (nSPS) is 12.3. The summed E-state index contributed by atoms with van der Waals surface area (Å²) in [5.41, 5.74) is 40.8. The number of furan rings is 2. The first kappa shape index (κ1) is 87.5. The van der Waals surface area contributed by atoms with Crippen LogP contribution in [0.4, 0.5) is 0 Å². The second-order valence-electron chi connectivity index (χ2n) is 36.1. The molecule has 0 bridgehead atoms. The zero-order valence-electron chi connectivity index (χ0n) is 76.9. The van der Waals surface area contributed by atoms with Gasteiger partial charge in [-0.1, -0.05) is 342 Å². The average molecular weight is 1740 g/mol. The van der Waals surface area contributed by atoms with Crippen LogP contribution < -0.4 is 0 Å². The van der Waals surface area contributed by atoms with E-state index in [1.807, 2.05) is 46.9 Å². The molecule has 5 heterocycles. The molecular formula is C126H111NO2S2. The third kappa shape index (κ3) is 16.5. The molecule has 5 heteroatoms. The number of hydrogen-bond acceptors (Lipinski definition) is 4. The Morgan fingerprint density at radius 1 is 0.237 bits per heavy atom. The van der Waals surface area contributed by atoms with Gasteiger partial charge in [0.2, 0.25) is 0 Å². The zero-order valence-corrected chi connectivity index (χ0v) is 78.5.